The molecule has 1 atom stereocenters. The third-order valence-corrected chi connectivity index (χ3v) is 3.28. The van der Waals surface area contributed by atoms with Crippen molar-refractivity contribution >= 4 is 29.1 Å². The quantitative estimate of drug-likeness (QED) is 0.704. The second-order valence-corrected chi connectivity index (χ2v) is 4.96. The number of amides is 3. The van der Waals surface area contributed by atoms with Gasteiger partial charge < -0.3 is 21.7 Å². The molecule has 1 aromatic carbocycles. The highest BCUT2D eigenvalue weighted by atomic mass is 16.2. The van der Waals surface area contributed by atoms with Crippen LogP contribution >= 0.6 is 0 Å². The Balaban J connectivity index is 1.97. The summed E-state index contributed by atoms with van der Waals surface area (Å²) < 4.78 is 0. The fourth-order valence-electron chi connectivity index (χ4n) is 2.19. The molecule has 7 heteroatoms. The van der Waals surface area contributed by atoms with Crippen molar-refractivity contribution in [3.8, 4) is 0 Å². The minimum atomic E-state index is -0.970. The largest absolute Gasteiger partial charge is 0.370 e. The number of carbonyl (C=O) groups excluding carboxylic acids is 3. The first-order valence-electron chi connectivity index (χ1n) is 6.72. The third-order valence-electron chi connectivity index (χ3n) is 3.28. The Kier molecular flexibility index (Phi) is 4.54. The van der Waals surface area contributed by atoms with Crippen molar-refractivity contribution in [3.63, 3.8) is 0 Å². The summed E-state index contributed by atoms with van der Waals surface area (Å²) in [6.07, 6.45) is 1.23. The Hall–Kier alpha value is -2.41. The van der Waals surface area contributed by atoms with E-state index in [-0.39, 0.29) is 12.3 Å². The lowest BCUT2D eigenvalue weighted by Gasteiger charge is -2.16. The van der Waals surface area contributed by atoms with E-state index in [9.17, 15) is 14.4 Å². The maximum atomic E-state index is 11.7. The van der Waals surface area contributed by atoms with E-state index >= 15 is 0 Å². The summed E-state index contributed by atoms with van der Waals surface area (Å²) in [5, 5.41) is 2.60. The summed E-state index contributed by atoms with van der Waals surface area (Å²) in [6.45, 7) is 0.716. The van der Waals surface area contributed by atoms with Gasteiger partial charge in [0.05, 0.1) is 12.5 Å². The van der Waals surface area contributed by atoms with E-state index in [4.69, 9.17) is 11.5 Å². The van der Waals surface area contributed by atoms with Crippen LogP contribution in [0.2, 0.25) is 0 Å². The molecule has 7 nitrogen and oxygen atoms in total. The van der Waals surface area contributed by atoms with Gasteiger partial charge in [0.25, 0.3) is 0 Å². The molecule has 0 bridgehead atoms. The van der Waals surface area contributed by atoms with Crippen LogP contribution in [0.3, 0.4) is 0 Å². The number of rotatable bonds is 5. The first kappa shape index (κ1) is 15.0. The summed E-state index contributed by atoms with van der Waals surface area (Å²) in [7, 11) is 0. The average Bonchev–Trinajstić information content (AvgIpc) is 2.85. The molecule has 21 heavy (non-hydrogen) atoms. The number of benzene rings is 1. The fraction of sp³-hybridized carbons (Fsp3) is 0.357. The van der Waals surface area contributed by atoms with Crippen LogP contribution in [-0.4, -0.2) is 30.3 Å². The summed E-state index contributed by atoms with van der Waals surface area (Å²) in [5.74, 6) is -0.991. The van der Waals surface area contributed by atoms with Crippen LogP contribution in [0, 0.1) is 0 Å². The highest BCUT2D eigenvalue weighted by Crippen LogP contribution is 2.23. The Morgan fingerprint density at radius 3 is 2.48 bits per heavy atom. The minimum absolute atomic E-state index is 0.107. The molecule has 1 saturated heterocycles. The lowest BCUT2D eigenvalue weighted by molar-refractivity contribution is -0.123. The molecular weight excluding hydrogens is 272 g/mol. The number of carbonyl (C=O) groups is 3. The zero-order valence-electron chi connectivity index (χ0n) is 11.5. The normalized spacial score (nSPS) is 15.9. The Bertz CT molecular complexity index is 556. The van der Waals surface area contributed by atoms with Crippen LogP contribution < -0.4 is 21.7 Å². The summed E-state index contributed by atoms with van der Waals surface area (Å²) >= 11 is 0. The van der Waals surface area contributed by atoms with Gasteiger partial charge in [-0.2, -0.15) is 0 Å². The monoisotopic (exact) mass is 290 g/mol. The Morgan fingerprint density at radius 2 is 1.95 bits per heavy atom. The van der Waals surface area contributed by atoms with Gasteiger partial charge in [-0.15, -0.1) is 0 Å². The number of nitrogens with zero attached hydrogens (tertiary/aromatic N) is 1. The Labute approximate surface area is 122 Å². The first-order chi connectivity index (χ1) is 9.97. The van der Waals surface area contributed by atoms with Crippen molar-refractivity contribution in [2.45, 2.75) is 25.3 Å². The van der Waals surface area contributed by atoms with E-state index in [0.29, 0.717) is 18.7 Å². The predicted molar refractivity (Wildman–Crippen MR) is 78.4 cm³/mol. The van der Waals surface area contributed by atoms with Crippen LogP contribution in [-0.2, 0) is 14.4 Å². The van der Waals surface area contributed by atoms with E-state index in [1.165, 1.54) is 0 Å². The smallest absolute Gasteiger partial charge is 0.241 e. The van der Waals surface area contributed by atoms with Gasteiger partial charge in [-0.1, -0.05) is 0 Å². The summed E-state index contributed by atoms with van der Waals surface area (Å²) in [5.41, 5.74) is 11.9. The molecule has 2 rings (SSSR count). The lowest BCUT2D eigenvalue weighted by atomic mass is 10.2. The molecule has 3 amide bonds. The molecule has 0 aliphatic carbocycles. The number of hydrogen-bond acceptors (Lipinski definition) is 4. The van der Waals surface area contributed by atoms with Gasteiger partial charge in [0.15, 0.2) is 0 Å². The zero-order valence-corrected chi connectivity index (χ0v) is 11.5. The highest BCUT2D eigenvalue weighted by molar-refractivity contribution is 5.98. The van der Waals surface area contributed by atoms with E-state index in [2.05, 4.69) is 5.32 Å². The van der Waals surface area contributed by atoms with Gasteiger partial charge in [0.2, 0.25) is 17.7 Å². The predicted octanol–water partition coefficient (Wildman–Crippen LogP) is -0.0454. The van der Waals surface area contributed by atoms with E-state index in [1.807, 2.05) is 0 Å². The van der Waals surface area contributed by atoms with Crippen molar-refractivity contribution in [1.82, 2.24) is 0 Å². The van der Waals surface area contributed by atoms with E-state index < -0.39 is 17.9 Å². The molecule has 0 aromatic heterocycles. The molecule has 1 aromatic rings. The van der Waals surface area contributed by atoms with Gasteiger partial charge in [-0.25, -0.2) is 0 Å². The number of hydrogen-bond donors (Lipinski definition) is 3. The zero-order chi connectivity index (χ0) is 15.4. The van der Waals surface area contributed by atoms with Gasteiger partial charge in [0.1, 0.15) is 0 Å². The van der Waals surface area contributed by atoms with Crippen LogP contribution in [0.1, 0.15) is 19.3 Å². The average molecular weight is 290 g/mol. The van der Waals surface area contributed by atoms with E-state index in [0.717, 1.165) is 12.1 Å². The van der Waals surface area contributed by atoms with Gasteiger partial charge in [-0.3, -0.25) is 14.4 Å². The maximum absolute atomic E-state index is 11.7. The molecule has 0 radical (unpaired) electrons. The standard InChI is InChI=1S/C14H18N4O3/c15-11(8-12(16)19)14(21)17-9-3-5-10(6-4-9)18-7-1-2-13(18)20/h3-6,11H,1-2,7-8,15H2,(H2,16,19)(H,17,21). The van der Waals surface area contributed by atoms with Crippen LogP contribution in [0.4, 0.5) is 11.4 Å². The minimum Gasteiger partial charge on any atom is -0.370 e. The molecule has 1 aliphatic heterocycles. The third kappa shape index (κ3) is 3.79. The summed E-state index contributed by atoms with van der Waals surface area (Å²) in [4.78, 5) is 35.8. The molecule has 0 spiro atoms. The number of nitrogens with one attached hydrogen (secondary N) is 1. The van der Waals surface area contributed by atoms with Gasteiger partial charge in [0, 0.05) is 24.3 Å². The van der Waals surface area contributed by atoms with Crippen molar-refractivity contribution in [1.29, 1.82) is 0 Å². The van der Waals surface area contributed by atoms with Crippen LogP contribution in [0.25, 0.3) is 0 Å². The topological polar surface area (TPSA) is 119 Å². The van der Waals surface area contributed by atoms with Crippen molar-refractivity contribution in [2.75, 3.05) is 16.8 Å². The Morgan fingerprint density at radius 1 is 1.29 bits per heavy atom. The van der Waals surface area contributed by atoms with Crippen LogP contribution in [0.5, 0.6) is 0 Å². The van der Waals surface area contributed by atoms with Crippen molar-refractivity contribution in [2.24, 2.45) is 11.5 Å². The number of nitrogens with two attached hydrogens (primary N) is 2. The number of anilines is 2. The maximum Gasteiger partial charge on any atom is 0.241 e. The van der Waals surface area contributed by atoms with Crippen LogP contribution in [0.15, 0.2) is 24.3 Å². The molecule has 0 saturated carbocycles. The van der Waals surface area contributed by atoms with Crippen molar-refractivity contribution < 1.29 is 14.4 Å². The van der Waals surface area contributed by atoms with Gasteiger partial charge in [-0.05, 0) is 30.7 Å². The fourth-order valence-corrected chi connectivity index (χ4v) is 2.19. The molecular formula is C14H18N4O3. The first-order valence-corrected chi connectivity index (χ1v) is 6.72. The lowest BCUT2D eigenvalue weighted by Crippen LogP contribution is -2.38. The summed E-state index contributed by atoms with van der Waals surface area (Å²) in [6, 6.07) is 5.94. The van der Waals surface area contributed by atoms with E-state index in [1.54, 1.807) is 29.2 Å². The molecule has 1 aliphatic rings. The van der Waals surface area contributed by atoms with Gasteiger partial charge >= 0.3 is 0 Å². The van der Waals surface area contributed by atoms with Crippen molar-refractivity contribution in [3.05, 3.63) is 24.3 Å². The molecule has 1 fully saturated rings. The molecule has 5 N–H and O–H groups in total. The number of primary amides is 1. The SMILES string of the molecule is NC(=O)CC(N)C(=O)Nc1ccc(N2CCCC2=O)cc1. The second kappa shape index (κ2) is 6.36. The second-order valence-electron chi connectivity index (χ2n) is 4.96. The molecule has 112 valence electrons. The molecule has 1 heterocycles. The highest BCUT2D eigenvalue weighted by Gasteiger charge is 2.21. The molecule has 1 unspecified atom stereocenters.